The quantitative estimate of drug-likeness (QED) is 0.483. The Morgan fingerprint density at radius 1 is 1.00 bits per heavy atom. The molecule has 0 aromatic carbocycles. The van der Waals surface area contributed by atoms with E-state index >= 15 is 0 Å². The number of rotatable bonds is 0. The van der Waals surface area contributed by atoms with Crippen molar-refractivity contribution in [2.24, 2.45) is 0 Å². The van der Waals surface area contributed by atoms with Crippen LogP contribution in [-0.4, -0.2) is 22.5 Å². The van der Waals surface area contributed by atoms with E-state index in [1.807, 2.05) is 0 Å². The zero-order valence-corrected chi connectivity index (χ0v) is 7.09. The fraction of sp³-hybridized carbons (Fsp3) is 0. The molecule has 0 aliphatic heterocycles. The second-order valence-corrected chi connectivity index (χ2v) is 0.533. The summed E-state index contributed by atoms with van der Waals surface area (Å²) in [5.41, 5.74) is 0. The molecule has 0 fully saturated rings. The van der Waals surface area contributed by atoms with Gasteiger partial charge in [-0.2, -0.15) is 0 Å². The Labute approximate surface area is 86.9 Å². The summed E-state index contributed by atoms with van der Waals surface area (Å²) in [7, 11) is 0. The molecule has 0 aromatic rings. The normalized spacial score (nSPS) is 4.80. The van der Waals surface area contributed by atoms with E-state index in [1.54, 1.807) is 0 Å². The van der Waals surface area contributed by atoms with E-state index in [1.165, 1.54) is 0 Å². The fourth-order valence-corrected chi connectivity index (χ4v) is 0. The number of carboxylic acid groups (broad SMARTS) is 4. The average molecular weight is 338 g/mol. The van der Waals surface area contributed by atoms with Crippen molar-refractivity contribution in [2.75, 3.05) is 0 Å². The third-order valence-electron chi connectivity index (χ3n) is 0. The Kier molecular flexibility index (Phi) is 36.0. The van der Waals surface area contributed by atoms with Gasteiger partial charge in [-0.3, -0.25) is 0 Å². The molecule has 0 spiro atoms. The second kappa shape index (κ2) is 16.0. The van der Waals surface area contributed by atoms with Crippen LogP contribution in [0.5, 0.6) is 0 Å². The van der Waals surface area contributed by atoms with Gasteiger partial charge in [0, 0.05) is 0 Å². The molecule has 0 unspecified atom stereocenters. The summed E-state index contributed by atoms with van der Waals surface area (Å²) >= 11 is 0. The molecule has 0 radical (unpaired) electrons. The van der Waals surface area contributed by atoms with Crippen LogP contribution < -0.4 is 10.2 Å². The van der Waals surface area contributed by atoms with Crippen molar-refractivity contribution in [1.82, 2.24) is 0 Å². The van der Waals surface area contributed by atoms with Gasteiger partial charge in [0.05, 0.1) is 0 Å². The van der Waals surface area contributed by atoms with E-state index in [4.69, 9.17) is 30.0 Å². The van der Waals surface area contributed by atoms with Gasteiger partial charge in [0.2, 0.25) is 0 Å². The summed E-state index contributed by atoms with van der Waals surface area (Å²) in [4.78, 5) is 16.9. The summed E-state index contributed by atoms with van der Waals surface area (Å²) in [6.45, 7) is 0. The second-order valence-electron chi connectivity index (χ2n) is 0.533. The molecule has 0 aromatic heterocycles. The summed E-state index contributed by atoms with van der Waals surface area (Å²) in [6, 6.07) is 0. The molecule has 0 aliphatic carbocycles. The number of hydrogen-bond donors (Lipinski definition) is 2. The average Bonchev–Trinajstić information content (AvgIpc) is 1.25. The van der Waals surface area contributed by atoms with Crippen LogP contribution in [0, 0.1) is 0 Å². The Balaban J connectivity index is -0.0000000300. The van der Waals surface area contributed by atoms with Crippen LogP contribution in [0.2, 0.25) is 0 Å². The van der Waals surface area contributed by atoms with Crippen LogP contribution in [0.15, 0.2) is 0 Å². The third-order valence-corrected chi connectivity index (χ3v) is 0. The van der Waals surface area contributed by atoms with Crippen molar-refractivity contribution < 1.29 is 74.8 Å². The maximum atomic E-state index is 8.56. The van der Waals surface area contributed by atoms with Gasteiger partial charge in [-0.05, 0) is 6.16 Å². The number of carbonyl (C=O) groups excluding carboxylic acids is 1. The smallest absolute Gasteiger partial charge is 0.652 e. The van der Waals surface area contributed by atoms with Crippen LogP contribution >= 0.6 is 0 Å². The van der Waals surface area contributed by atoms with Gasteiger partial charge < -0.3 is 25.2 Å². The molecule has 8 heteroatoms. The Hall–Kier alpha value is 0.0205. The zero-order valence-electron chi connectivity index (χ0n) is 4.13. The Morgan fingerprint density at radius 2 is 1.00 bits per heavy atom. The molecule has 10 heavy (non-hydrogen) atoms. The molecular weight excluding hydrogens is 336 g/mol. The first-order chi connectivity index (χ1) is 3.46. The molecule has 2 N–H and O–H groups in total. The molecule has 68 valence electrons. The molecule has 0 aliphatic rings. The molecule has 0 amide bonds. The molecular formula is C2H2Ag2O6. The van der Waals surface area contributed by atoms with Gasteiger partial charge in [-0.15, -0.1) is 0 Å². The summed E-state index contributed by atoms with van der Waals surface area (Å²) in [5, 5.41) is 30.6. The zero-order chi connectivity index (χ0) is 7.15. The first-order valence-electron chi connectivity index (χ1n) is 1.26. The van der Waals surface area contributed by atoms with Gasteiger partial charge in [0.15, 0.2) is 0 Å². The van der Waals surface area contributed by atoms with Gasteiger partial charge in [0.25, 0.3) is 0 Å². The minimum Gasteiger partial charge on any atom is -0.652 e. The fourth-order valence-electron chi connectivity index (χ4n) is 0. The molecule has 0 rings (SSSR count). The third kappa shape index (κ3) is 939000. The molecule has 0 atom stereocenters. The van der Waals surface area contributed by atoms with E-state index in [9.17, 15) is 0 Å². The van der Waals surface area contributed by atoms with E-state index in [0.717, 1.165) is 0 Å². The van der Waals surface area contributed by atoms with Crippen LogP contribution in [0.25, 0.3) is 0 Å². The van der Waals surface area contributed by atoms with Crippen molar-refractivity contribution in [3.05, 3.63) is 0 Å². The van der Waals surface area contributed by atoms with Gasteiger partial charge >= 0.3 is 50.9 Å². The predicted octanol–water partition coefficient (Wildman–Crippen LogP) is -2.23. The topological polar surface area (TPSA) is 121 Å². The van der Waals surface area contributed by atoms with Crippen LogP contribution in [0.3, 0.4) is 0 Å². The summed E-state index contributed by atoms with van der Waals surface area (Å²) in [5.74, 6) is 0. The standard InChI is InChI=1S/2CH2O3.2Ag/c2*2-1(3)4;;/h2*(H2,2,3,4);;/q;;2*+1/p-2. The maximum absolute atomic E-state index is 8.56. The Bertz CT molecular complexity index is 71.7. The predicted molar refractivity (Wildman–Crippen MR) is 16.0 cm³/mol. The van der Waals surface area contributed by atoms with Crippen molar-refractivity contribution >= 4 is 12.3 Å². The maximum Gasteiger partial charge on any atom is 1.00 e. The molecule has 0 saturated heterocycles. The molecule has 6 nitrogen and oxygen atoms in total. The largest absolute Gasteiger partial charge is 1.00 e. The van der Waals surface area contributed by atoms with E-state index in [0.29, 0.717) is 0 Å². The summed E-state index contributed by atoms with van der Waals surface area (Å²) < 4.78 is 0. The van der Waals surface area contributed by atoms with E-state index in [2.05, 4.69) is 0 Å². The minimum atomic E-state index is -2.33. The minimum absolute atomic E-state index is 0. The molecule has 0 saturated carbocycles. The van der Waals surface area contributed by atoms with Gasteiger partial charge in [0.1, 0.15) is 0 Å². The van der Waals surface area contributed by atoms with Gasteiger partial charge in [-0.25, -0.2) is 4.79 Å². The van der Waals surface area contributed by atoms with Gasteiger partial charge in [-0.1, -0.05) is 0 Å². The first-order valence-corrected chi connectivity index (χ1v) is 1.26. The monoisotopic (exact) mass is 336 g/mol. The van der Waals surface area contributed by atoms with Crippen molar-refractivity contribution in [3.8, 4) is 0 Å². The van der Waals surface area contributed by atoms with Crippen LogP contribution in [0.1, 0.15) is 0 Å². The number of carbonyl (C=O) groups is 2. The Morgan fingerprint density at radius 3 is 1.00 bits per heavy atom. The first kappa shape index (κ1) is 22.5. The number of hydrogen-bond acceptors (Lipinski definition) is 4. The molecule has 0 bridgehead atoms. The van der Waals surface area contributed by atoms with Crippen LogP contribution in [-0.2, 0) is 44.8 Å². The summed E-state index contributed by atoms with van der Waals surface area (Å²) in [6.07, 6.45) is -4.17. The van der Waals surface area contributed by atoms with Crippen molar-refractivity contribution in [1.29, 1.82) is 0 Å². The molecule has 0 heterocycles. The SMILES string of the molecule is O=C(O)O.O=C([O-])[O-].[Ag+].[Ag+]. The van der Waals surface area contributed by atoms with Crippen molar-refractivity contribution in [2.45, 2.75) is 0 Å². The van der Waals surface area contributed by atoms with E-state index in [-0.39, 0.29) is 44.8 Å². The van der Waals surface area contributed by atoms with Crippen LogP contribution in [0.4, 0.5) is 9.59 Å². The van der Waals surface area contributed by atoms with Crippen molar-refractivity contribution in [3.63, 3.8) is 0 Å². The van der Waals surface area contributed by atoms with E-state index < -0.39 is 12.3 Å².